The summed E-state index contributed by atoms with van der Waals surface area (Å²) in [7, 11) is -3.49. The van der Waals surface area contributed by atoms with E-state index in [-0.39, 0.29) is 129 Å². The molecule has 4 heterocycles. The van der Waals surface area contributed by atoms with E-state index in [1.807, 2.05) is 60.7 Å². The molecular weight excluding hydrogens is 1170 g/mol. The van der Waals surface area contributed by atoms with Gasteiger partial charge >= 0.3 is 103 Å². The fourth-order valence-corrected chi connectivity index (χ4v) is 9.64. The maximum absolute atomic E-state index is 10.8. The maximum Gasteiger partial charge on any atom is 1.00 e. The minimum atomic E-state index is -3.49. The van der Waals surface area contributed by atoms with Gasteiger partial charge in [0.1, 0.15) is 6.10 Å². The Bertz CT molecular complexity index is 3000. The van der Waals surface area contributed by atoms with Crippen LogP contribution in [-0.2, 0) is 24.0 Å². The van der Waals surface area contributed by atoms with Crippen LogP contribution in [0.5, 0.6) is 0 Å². The van der Waals surface area contributed by atoms with E-state index in [1.54, 1.807) is 43.5 Å². The van der Waals surface area contributed by atoms with Gasteiger partial charge in [0.15, 0.2) is 0 Å². The van der Waals surface area contributed by atoms with Crippen molar-refractivity contribution in [1.82, 2.24) is 20.2 Å². The molecule has 0 unspecified atom stereocenters. The molecule has 2 aliphatic rings. The zero-order chi connectivity index (χ0) is 54.4. The fraction of sp³-hybridized carbons (Fsp3) is 0.269. The van der Waals surface area contributed by atoms with Crippen LogP contribution < -0.4 is 123 Å². The number of hydrogen-bond donors (Lipinski definition) is 1. The number of nitrogens with zero attached hydrogens (tertiary/aromatic N) is 8. The van der Waals surface area contributed by atoms with Crippen molar-refractivity contribution in [2.75, 3.05) is 55.3 Å². The van der Waals surface area contributed by atoms with Crippen molar-refractivity contribution in [2.45, 2.75) is 45.0 Å². The van der Waals surface area contributed by atoms with Gasteiger partial charge in [-0.3, -0.25) is 23.8 Å². The van der Waals surface area contributed by atoms with Crippen LogP contribution >= 0.6 is 69.6 Å². The first-order chi connectivity index (χ1) is 35.4. The molecule has 76 heavy (non-hydrogen) atoms. The molecule has 2 aliphatic heterocycles. The summed E-state index contributed by atoms with van der Waals surface area (Å²) in [6, 6.07) is 36.4. The molecule has 2 aromatic heterocycles. The molecule has 4 atom stereocenters. The van der Waals surface area contributed by atoms with E-state index in [0.717, 1.165) is 67.6 Å². The van der Waals surface area contributed by atoms with E-state index in [2.05, 4.69) is 75.8 Å². The maximum atomic E-state index is 10.8. The number of carbonyl (C=O) groups excluding carboxylic acids is 1. The molecule has 6 aromatic rings. The smallest absolute Gasteiger partial charge is 1.00 e. The van der Waals surface area contributed by atoms with Gasteiger partial charge in [0.05, 0.1) is 70.4 Å². The monoisotopic (exact) mass is 1220 g/mol. The summed E-state index contributed by atoms with van der Waals surface area (Å²) in [6.45, 7) is 24.0. The van der Waals surface area contributed by atoms with Crippen LogP contribution in [-0.4, -0.2) is 75.3 Å². The van der Waals surface area contributed by atoms with Gasteiger partial charge in [-0.1, -0.05) is 106 Å². The Morgan fingerprint density at radius 2 is 1.17 bits per heavy atom. The second-order valence-electron chi connectivity index (χ2n) is 16.1. The van der Waals surface area contributed by atoms with Gasteiger partial charge in [0.2, 0.25) is 11.4 Å². The molecule has 24 heteroatoms. The van der Waals surface area contributed by atoms with Crippen molar-refractivity contribution in [2.24, 2.45) is 0 Å². The van der Waals surface area contributed by atoms with Gasteiger partial charge in [0, 0.05) is 84.7 Å². The number of carbonyl (C=O) groups is 1. The SMILES string of the molecule is CC#N.Clc1ccc([C@@H]2CNCCN2c2ccc(Cl)cc2Cl)cc1.O=CO[O-].[C-]#[N+]c1ccc([C@@H](C)N2CCN(c3ccc(Cl)cc3Cl)[C@H](c3ccc(Cl)cc3)C2)nc1.[C-]#[N+]c1ccc([C@H](C)OS(C)(=O)=O)nc1.[H-].[K+].[K+]. The number of anilines is 2. The Labute approximate surface area is 561 Å². The molecular formula is C52H51Cl6K2N9O6S. The van der Waals surface area contributed by atoms with Gasteiger partial charge in [0.25, 0.3) is 16.6 Å². The molecule has 0 bridgehead atoms. The molecule has 390 valence electrons. The predicted molar refractivity (Wildman–Crippen MR) is 294 cm³/mol. The number of pyridine rings is 2. The molecule has 0 spiro atoms. The van der Waals surface area contributed by atoms with E-state index in [9.17, 15) is 8.42 Å². The van der Waals surface area contributed by atoms with Gasteiger partial charge in [-0.05, 0) is 97.8 Å². The Balaban J connectivity index is 0.000000562. The zero-order valence-corrected chi connectivity index (χ0v) is 54.0. The van der Waals surface area contributed by atoms with E-state index >= 15 is 0 Å². The van der Waals surface area contributed by atoms with Crippen LogP contribution in [0.4, 0.5) is 22.7 Å². The predicted octanol–water partition coefficient (Wildman–Crippen LogP) is 6.77. The third-order valence-corrected chi connectivity index (χ3v) is 13.4. The summed E-state index contributed by atoms with van der Waals surface area (Å²) in [4.78, 5) is 33.4. The molecule has 0 amide bonds. The van der Waals surface area contributed by atoms with Gasteiger partial charge in [-0.15, -0.1) is 0 Å². The quantitative estimate of drug-likeness (QED) is 0.0381. The molecule has 0 radical (unpaired) electrons. The molecule has 4 aromatic carbocycles. The first-order valence-electron chi connectivity index (χ1n) is 22.3. The number of benzene rings is 4. The fourth-order valence-electron chi connectivity index (χ4n) is 7.73. The molecule has 15 nitrogen and oxygen atoms in total. The summed E-state index contributed by atoms with van der Waals surface area (Å²) in [5.74, 6) is 0. The second kappa shape index (κ2) is 36.0. The number of rotatable bonds is 10. The first kappa shape index (κ1) is 69.6. The van der Waals surface area contributed by atoms with Crippen molar-refractivity contribution in [3.63, 3.8) is 0 Å². The van der Waals surface area contributed by atoms with Gasteiger partial charge in [-0.25, -0.2) is 9.69 Å². The summed E-state index contributed by atoms with van der Waals surface area (Å²) < 4.78 is 26.4. The minimum absolute atomic E-state index is 0. The van der Waals surface area contributed by atoms with Gasteiger partial charge < -0.3 is 26.7 Å². The molecule has 8 rings (SSSR count). The third kappa shape index (κ3) is 22.6. The number of halogens is 6. The van der Waals surface area contributed by atoms with E-state index in [0.29, 0.717) is 42.2 Å². The van der Waals surface area contributed by atoms with Crippen LogP contribution in [0.25, 0.3) is 9.69 Å². The largest absolute Gasteiger partial charge is 1.00 e. The zero-order valence-electron chi connectivity index (χ0n) is 43.4. The molecule has 1 N–H and O–H groups in total. The van der Waals surface area contributed by atoms with Crippen LogP contribution in [0.15, 0.2) is 122 Å². The van der Waals surface area contributed by atoms with E-state index in [1.165, 1.54) is 24.2 Å². The standard InChI is InChI=1S/C24H21Cl3N4.C16H15Cl3N2.C9H10N2O3S.C2H3N.CH2O3.2K.H/c1-16(22-9-8-20(28-2)14-29-22)30-11-12-31(23-10-7-19(26)13-21(23)27)24(15-30)17-3-5-18(25)6-4-17;17-12-3-1-11(2-4-12)16-10-20-7-8-21(16)15-6-5-13(18)9-14(15)19;1-7(14-15(3,12)13)9-5-4-8(10-2)6-11-9;1-2-3;2-1-4-3;;;/h3-10,13-14,16,24H,11-12,15H2,1H3;1-6,9,16,20H,7-8,10H2;4-7H,1,3H3;1H3;1,3H;;;/q;;;;;2*+1;-1/p-1/t16-,24+;16-;7-;;;;;/m100...../s1. The summed E-state index contributed by atoms with van der Waals surface area (Å²) in [5.41, 5.74) is 6.78. The summed E-state index contributed by atoms with van der Waals surface area (Å²) in [6.07, 6.45) is 3.36. The van der Waals surface area contributed by atoms with Crippen molar-refractivity contribution < 1.29 is 132 Å². The molecule has 2 saturated heterocycles. The average molecular weight is 1220 g/mol. The Morgan fingerprint density at radius 1 is 0.737 bits per heavy atom. The normalized spacial score (nSPS) is 15.5. The topological polar surface area (TPSA) is 173 Å². The molecule has 2 fully saturated rings. The first-order valence-corrected chi connectivity index (χ1v) is 26.4. The minimum Gasteiger partial charge on any atom is -1.00 e. The number of nitrogens with one attached hydrogen (secondary N) is 1. The number of hydrogen-bond acceptors (Lipinski definition) is 13. The van der Waals surface area contributed by atoms with Crippen LogP contribution in [0.1, 0.15) is 68.9 Å². The third-order valence-electron chi connectivity index (χ3n) is 11.2. The Kier molecular flexibility index (Phi) is 33.0. The summed E-state index contributed by atoms with van der Waals surface area (Å²) in [5, 5.41) is 23.3. The van der Waals surface area contributed by atoms with E-state index < -0.39 is 16.2 Å². The van der Waals surface area contributed by atoms with Crippen molar-refractivity contribution in [1.29, 1.82) is 5.26 Å². The van der Waals surface area contributed by atoms with Crippen molar-refractivity contribution in [3.8, 4) is 6.07 Å². The van der Waals surface area contributed by atoms with Crippen LogP contribution in [0, 0.1) is 24.5 Å². The van der Waals surface area contributed by atoms with Crippen molar-refractivity contribution >= 4 is 109 Å². The number of piperazine rings is 2. The summed E-state index contributed by atoms with van der Waals surface area (Å²) >= 11 is 37.2. The van der Waals surface area contributed by atoms with Gasteiger partial charge in [-0.2, -0.15) is 13.7 Å². The van der Waals surface area contributed by atoms with Crippen molar-refractivity contribution in [3.05, 3.63) is 197 Å². The molecule has 0 aliphatic carbocycles. The van der Waals surface area contributed by atoms with Crippen LogP contribution in [0.3, 0.4) is 0 Å². The number of nitriles is 1. The van der Waals surface area contributed by atoms with E-state index in [4.69, 9.17) is 102 Å². The second-order valence-corrected chi connectivity index (χ2v) is 20.2. The Hall–Kier alpha value is -2.48. The Morgan fingerprint density at radius 3 is 1.58 bits per heavy atom. The average Bonchev–Trinajstić information content (AvgIpc) is 3.39. The molecule has 0 saturated carbocycles. The van der Waals surface area contributed by atoms with Crippen LogP contribution in [0.2, 0.25) is 30.1 Å². The number of aromatic nitrogens is 2.